The Morgan fingerprint density at radius 2 is 1.69 bits per heavy atom. The van der Waals surface area contributed by atoms with Crippen molar-refractivity contribution < 1.29 is 14.3 Å². The molecule has 5 nitrogen and oxygen atoms in total. The Bertz CT molecular complexity index is 1370. The van der Waals surface area contributed by atoms with Crippen LogP contribution in [0.5, 0.6) is 11.5 Å². The van der Waals surface area contributed by atoms with Crippen LogP contribution in [0.2, 0.25) is 0 Å². The van der Waals surface area contributed by atoms with E-state index in [9.17, 15) is 4.79 Å². The van der Waals surface area contributed by atoms with Crippen LogP contribution in [-0.2, 0) is 6.61 Å². The van der Waals surface area contributed by atoms with E-state index in [-0.39, 0.29) is 5.91 Å². The molecule has 35 heavy (non-hydrogen) atoms. The molecule has 0 saturated carbocycles. The molecule has 0 spiro atoms. The van der Waals surface area contributed by atoms with Crippen LogP contribution in [0.1, 0.15) is 27.7 Å². The number of halogens is 2. The Balaban J connectivity index is 1.59. The van der Waals surface area contributed by atoms with Gasteiger partial charge in [0.15, 0.2) is 0 Å². The largest absolute Gasteiger partial charge is 0.497 e. The third kappa shape index (κ3) is 4.92. The quantitative estimate of drug-likeness (QED) is 0.250. The number of nitrogens with zero attached hydrogens (tertiary/aromatic N) is 1. The Hall–Kier alpha value is -3.29. The fourth-order valence-corrected chi connectivity index (χ4v) is 4.84. The molecule has 1 aliphatic heterocycles. The average Bonchev–Trinajstić information content (AvgIpc) is 2.88. The van der Waals surface area contributed by atoms with Gasteiger partial charge in [-0.15, -0.1) is 0 Å². The highest BCUT2D eigenvalue weighted by Gasteiger charge is 2.35. The van der Waals surface area contributed by atoms with Crippen molar-refractivity contribution in [3.63, 3.8) is 0 Å². The Kier molecular flexibility index (Phi) is 6.79. The maximum atomic E-state index is 13.8. The molecule has 0 unspecified atom stereocenters. The first-order valence-electron chi connectivity index (χ1n) is 11.0. The second kappa shape index (κ2) is 10.1. The normalized spacial score (nSPS) is 14.8. The third-order valence-corrected chi connectivity index (χ3v) is 6.85. The molecular formula is C28H22Br2N2O3. The van der Waals surface area contributed by atoms with E-state index >= 15 is 0 Å². The van der Waals surface area contributed by atoms with Crippen LogP contribution in [0.4, 0.5) is 11.4 Å². The van der Waals surface area contributed by atoms with Gasteiger partial charge in [-0.25, -0.2) is 0 Å². The predicted octanol–water partition coefficient (Wildman–Crippen LogP) is 7.57. The molecule has 1 atom stereocenters. The van der Waals surface area contributed by atoms with Gasteiger partial charge in [0.05, 0.1) is 12.7 Å². The zero-order valence-corrected chi connectivity index (χ0v) is 22.0. The molecule has 4 aromatic carbocycles. The summed E-state index contributed by atoms with van der Waals surface area (Å²) in [7, 11) is 1.63. The van der Waals surface area contributed by atoms with Crippen LogP contribution in [0.15, 0.2) is 99.9 Å². The summed E-state index contributed by atoms with van der Waals surface area (Å²) in [5, 5.41) is 3.56. The third-order valence-electron chi connectivity index (χ3n) is 5.83. The number of hydrogen-bond acceptors (Lipinski definition) is 4. The minimum Gasteiger partial charge on any atom is -0.497 e. The number of nitrogens with one attached hydrogen (secondary N) is 1. The minimum atomic E-state index is -0.508. The number of rotatable bonds is 6. The van der Waals surface area contributed by atoms with Gasteiger partial charge in [0.25, 0.3) is 5.91 Å². The number of benzene rings is 4. The van der Waals surface area contributed by atoms with Crippen molar-refractivity contribution in [2.24, 2.45) is 0 Å². The predicted molar refractivity (Wildman–Crippen MR) is 145 cm³/mol. The molecule has 1 heterocycles. The van der Waals surface area contributed by atoms with E-state index in [1.54, 1.807) is 12.0 Å². The van der Waals surface area contributed by atoms with Gasteiger partial charge in [-0.1, -0.05) is 56.1 Å². The zero-order chi connectivity index (χ0) is 24.4. The van der Waals surface area contributed by atoms with Crippen molar-refractivity contribution in [1.29, 1.82) is 0 Å². The van der Waals surface area contributed by atoms with E-state index in [0.717, 1.165) is 31.4 Å². The second-order valence-corrected chi connectivity index (χ2v) is 9.90. The van der Waals surface area contributed by atoms with E-state index in [1.807, 2.05) is 91.0 Å². The lowest BCUT2D eigenvalue weighted by molar-refractivity contribution is 0.0974. The number of fused-ring (bicyclic) bond motifs is 1. The number of anilines is 2. The van der Waals surface area contributed by atoms with Crippen molar-refractivity contribution in [2.45, 2.75) is 12.8 Å². The average molecular weight is 594 g/mol. The van der Waals surface area contributed by atoms with Crippen molar-refractivity contribution in [2.75, 3.05) is 17.3 Å². The number of para-hydroxylation sites is 1. The molecule has 1 amide bonds. The molecule has 0 fully saturated rings. The number of carbonyl (C=O) groups excluding carboxylic acids is 1. The van der Waals surface area contributed by atoms with Crippen molar-refractivity contribution in [3.05, 3.63) is 117 Å². The van der Waals surface area contributed by atoms with Gasteiger partial charge in [0.1, 0.15) is 24.3 Å². The van der Waals surface area contributed by atoms with Crippen LogP contribution in [0, 0.1) is 0 Å². The maximum absolute atomic E-state index is 13.8. The van der Waals surface area contributed by atoms with Crippen LogP contribution >= 0.6 is 31.9 Å². The summed E-state index contributed by atoms with van der Waals surface area (Å²) in [6.45, 7) is 0.383. The number of ether oxygens (including phenoxy) is 2. The lowest BCUT2D eigenvalue weighted by atomic mass is 10.0. The van der Waals surface area contributed by atoms with E-state index in [4.69, 9.17) is 9.47 Å². The van der Waals surface area contributed by atoms with Gasteiger partial charge >= 0.3 is 0 Å². The van der Waals surface area contributed by atoms with Crippen molar-refractivity contribution >= 4 is 49.1 Å². The van der Waals surface area contributed by atoms with Crippen LogP contribution in [-0.4, -0.2) is 13.0 Å². The molecule has 0 aromatic heterocycles. The molecule has 4 aromatic rings. The fraction of sp³-hybridized carbons (Fsp3) is 0.107. The van der Waals surface area contributed by atoms with Gasteiger partial charge in [-0.2, -0.15) is 0 Å². The zero-order valence-electron chi connectivity index (χ0n) is 18.9. The van der Waals surface area contributed by atoms with E-state index in [2.05, 4.69) is 37.2 Å². The monoisotopic (exact) mass is 592 g/mol. The number of methoxy groups -OCH3 is 1. The summed E-state index contributed by atoms with van der Waals surface area (Å²) in [5.41, 5.74) is 3.99. The topological polar surface area (TPSA) is 50.8 Å². The van der Waals surface area contributed by atoms with Gasteiger partial charge in [0.2, 0.25) is 0 Å². The van der Waals surface area contributed by atoms with Crippen LogP contribution in [0.25, 0.3) is 0 Å². The highest BCUT2D eigenvalue weighted by atomic mass is 79.9. The van der Waals surface area contributed by atoms with Gasteiger partial charge < -0.3 is 14.8 Å². The minimum absolute atomic E-state index is 0.0903. The second-order valence-electron chi connectivity index (χ2n) is 8.07. The fourth-order valence-electron chi connectivity index (χ4n) is 4.13. The summed E-state index contributed by atoms with van der Waals surface area (Å²) in [6, 6.07) is 28.9. The molecule has 1 N–H and O–H groups in total. The van der Waals surface area contributed by atoms with E-state index in [0.29, 0.717) is 23.7 Å². The summed E-state index contributed by atoms with van der Waals surface area (Å²) < 4.78 is 13.8. The molecule has 0 aliphatic carbocycles. The summed E-state index contributed by atoms with van der Waals surface area (Å²) in [4.78, 5) is 15.5. The van der Waals surface area contributed by atoms with Crippen molar-refractivity contribution in [1.82, 2.24) is 0 Å². The van der Waals surface area contributed by atoms with E-state index in [1.165, 1.54) is 0 Å². The van der Waals surface area contributed by atoms with Crippen LogP contribution < -0.4 is 19.7 Å². The summed E-state index contributed by atoms with van der Waals surface area (Å²) >= 11 is 7.01. The first-order valence-corrected chi connectivity index (χ1v) is 12.6. The van der Waals surface area contributed by atoms with Gasteiger partial charge in [0, 0.05) is 25.9 Å². The van der Waals surface area contributed by atoms with Crippen LogP contribution in [0.3, 0.4) is 0 Å². The molecule has 0 radical (unpaired) electrons. The lowest BCUT2D eigenvalue weighted by Gasteiger charge is -2.38. The first kappa shape index (κ1) is 23.5. The Morgan fingerprint density at radius 1 is 0.886 bits per heavy atom. The first-order chi connectivity index (χ1) is 17.0. The molecule has 1 aliphatic rings. The SMILES string of the molecule is COc1ccc(OCc2cccc(Br)c2)c([C@@H]2Nc3ccccc3C(=O)N2c2ccc(Br)cc2)c1. The summed E-state index contributed by atoms with van der Waals surface area (Å²) in [5.74, 6) is 1.25. The number of carbonyl (C=O) groups is 1. The standard InChI is InChI=1S/C28H22Br2N2O3/c1-34-22-13-14-26(35-17-18-5-4-6-20(30)15-18)24(16-22)27-31-25-8-3-2-7-23(25)28(33)32(27)21-11-9-19(29)10-12-21/h2-16,27,31H,17H2,1H3/t27-/m1/s1. The summed E-state index contributed by atoms with van der Waals surface area (Å²) in [6.07, 6.45) is -0.508. The number of hydrogen-bond donors (Lipinski definition) is 1. The lowest BCUT2D eigenvalue weighted by Crippen LogP contribution is -2.43. The molecule has 7 heteroatoms. The maximum Gasteiger partial charge on any atom is 0.262 e. The van der Waals surface area contributed by atoms with Gasteiger partial charge in [-0.3, -0.25) is 9.69 Å². The molecule has 0 bridgehead atoms. The molecule has 5 rings (SSSR count). The van der Waals surface area contributed by atoms with E-state index < -0.39 is 6.17 Å². The van der Waals surface area contributed by atoms with Crippen molar-refractivity contribution in [3.8, 4) is 11.5 Å². The van der Waals surface area contributed by atoms with Gasteiger partial charge in [-0.05, 0) is 72.3 Å². The highest BCUT2D eigenvalue weighted by Crippen LogP contribution is 2.41. The molecule has 176 valence electrons. The molecular weight excluding hydrogens is 572 g/mol. The number of amides is 1. The Morgan fingerprint density at radius 3 is 2.46 bits per heavy atom. The molecule has 0 saturated heterocycles. The highest BCUT2D eigenvalue weighted by molar-refractivity contribution is 9.10. The Labute approximate surface area is 220 Å². The smallest absolute Gasteiger partial charge is 0.262 e.